The van der Waals surface area contributed by atoms with E-state index in [9.17, 15) is 0 Å². The SMILES string of the molecule is COc1cc(OC)c2cc(CBr)oc2c1. The van der Waals surface area contributed by atoms with Crippen molar-refractivity contribution in [1.29, 1.82) is 0 Å². The minimum absolute atomic E-state index is 0.688. The maximum atomic E-state index is 5.60. The quantitative estimate of drug-likeness (QED) is 0.802. The predicted molar refractivity (Wildman–Crippen MR) is 61.9 cm³/mol. The van der Waals surface area contributed by atoms with Crippen LogP contribution in [0.25, 0.3) is 11.0 Å². The molecule has 0 unspecified atom stereocenters. The van der Waals surface area contributed by atoms with Gasteiger partial charge in [0, 0.05) is 12.1 Å². The molecule has 0 spiro atoms. The van der Waals surface area contributed by atoms with Crippen LogP contribution < -0.4 is 9.47 Å². The first-order valence-corrected chi connectivity index (χ1v) is 5.61. The predicted octanol–water partition coefficient (Wildman–Crippen LogP) is 3.34. The molecule has 0 aliphatic carbocycles. The molecule has 0 radical (unpaired) electrons. The lowest BCUT2D eigenvalue weighted by Gasteiger charge is -2.04. The van der Waals surface area contributed by atoms with Gasteiger partial charge in [-0.3, -0.25) is 0 Å². The Labute approximate surface area is 96.1 Å². The minimum Gasteiger partial charge on any atom is -0.496 e. The van der Waals surface area contributed by atoms with Crippen LogP contribution in [0.3, 0.4) is 0 Å². The summed E-state index contributed by atoms with van der Waals surface area (Å²) >= 11 is 3.35. The van der Waals surface area contributed by atoms with Gasteiger partial charge in [-0.25, -0.2) is 0 Å². The molecule has 2 aromatic rings. The summed E-state index contributed by atoms with van der Waals surface area (Å²) in [6.07, 6.45) is 0. The maximum absolute atomic E-state index is 5.60. The van der Waals surface area contributed by atoms with Crippen LogP contribution in [-0.2, 0) is 5.33 Å². The molecule has 0 atom stereocenters. The van der Waals surface area contributed by atoms with Gasteiger partial charge in [0.25, 0.3) is 0 Å². The van der Waals surface area contributed by atoms with Crippen LogP contribution in [0.2, 0.25) is 0 Å². The zero-order valence-corrected chi connectivity index (χ0v) is 10.1. The molecule has 1 aromatic heterocycles. The third-order valence-electron chi connectivity index (χ3n) is 2.21. The summed E-state index contributed by atoms with van der Waals surface area (Å²) in [5, 5.41) is 1.65. The van der Waals surface area contributed by atoms with Crippen molar-refractivity contribution in [3.8, 4) is 11.5 Å². The number of ether oxygens (including phenoxy) is 2. The van der Waals surface area contributed by atoms with Gasteiger partial charge in [-0.1, -0.05) is 15.9 Å². The highest BCUT2D eigenvalue weighted by molar-refractivity contribution is 9.08. The molecule has 1 heterocycles. The fourth-order valence-corrected chi connectivity index (χ4v) is 1.76. The molecule has 2 rings (SSSR count). The number of furan rings is 1. The Morgan fingerprint density at radius 3 is 2.60 bits per heavy atom. The highest BCUT2D eigenvalue weighted by atomic mass is 79.9. The number of benzene rings is 1. The molecule has 0 fully saturated rings. The van der Waals surface area contributed by atoms with Crippen LogP contribution in [0.5, 0.6) is 11.5 Å². The molecule has 0 aliphatic heterocycles. The van der Waals surface area contributed by atoms with Crippen molar-refractivity contribution in [2.24, 2.45) is 0 Å². The molecule has 0 saturated carbocycles. The van der Waals surface area contributed by atoms with E-state index >= 15 is 0 Å². The molecule has 0 bridgehead atoms. The number of rotatable bonds is 3. The molecular formula is C11H11BrO3. The second kappa shape index (κ2) is 4.14. The second-order valence-electron chi connectivity index (χ2n) is 3.09. The Morgan fingerprint density at radius 1 is 1.20 bits per heavy atom. The van der Waals surface area contributed by atoms with Crippen molar-refractivity contribution in [1.82, 2.24) is 0 Å². The smallest absolute Gasteiger partial charge is 0.141 e. The molecule has 1 aromatic carbocycles. The summed E-state index contributed by atoms with van der Waals surface area (Å²) < 4.78 is 16.0. The van der Waals surface area contributed by atoms with E-state index in [0.717, 1.165) is 28.2 Å². The molecule has 3 nitrogen and oxygen atoms in total. The number of hydrogen-bond donors (Lipinski definition) is 0. The summed E-state index contributed by atoms with van der Waals surface area (Å²) in [5.41, 5.74) is 0.778. The van der Waals surface area contributed by atoms with E-state index < -0.39 is 0 Å². The molecule has 15 heavy (non-hydrogen) atoms. The standard InChI is InChI=1S/C11H11BrO3/c1-13-7-4-10(14-2)9-3-8(6-12)15-11(9)5-7/h3-5H,6H2,1-2H3. The van der Waals surface area contributed by atoms with Gasteiger partial charge in [-0.05, 0) is 6.07 Å². The maximum Gasteiger partial charge on any atom is 0.141 e. The zero-order chi connectivity index (χ0) is 10.8. The first-order chi connectivity index (χ1) is 7.28. The fourth-order valence-electron chi connectivity index (χ4n) is 1.49. The van der Waals surface area contributed by atoms with Gasteiger partial charge < -0.3 is 13.9 Å². The Hall–Kier alpha value is -1.16. The van der Waals surface area contributed by atoms with E-state index in [0.29, 0.717) is 5.33 Å². The van der Waals surface area contributed by atoms with E-state index in [2.05, 4.69) is 15.9 Å². The lowest BCUT2D eigenvalue weighted by atomic mass is 10.2. The van der Waals surface area contributed by atoms with Crippen molar-refractivity contribution in [2.75, 3.05) is 14.2 Å². The van der Waals surface area contributed by atoms with E-state index in [1.54, 1.807) is 14.2 Å². The second-order valence-corrected chi connectivity index (χ2v) is 3.65. The molecule has 0 aliphatic rings. The molecular weight excluding hydrogens is 260 g/mol. The molecule has 0 amide bonds. The summed E-state index contributed by atoms with van der Waals surface area (Å²) in [6, 6.07) is 5.65. The average Bonchev–Trinajstić information content (AvgIpc) is 2.70. The Bertz CT molecular complexity index is 476. The summed E-state index contributed by atoms with van der Waals surface area (Å²) in [6.45, 7) is 0. The Kier molecular flexibility index (Phi) is 2.86. The highest BCUT2D eigenvalue weighted by Crippen LogP contribution is 2.33. The number of fused-ring (bicyclic) bond motifs is 1. The van der Waals surface area contributed by atoms with E-state index in [1.807, 2.05) is 18.2 Å². The minimum atomic E-state index is 0.688. The van der Waals surface area contributed by atoms with Crippen molar-refractivity contribution in [3.63, 3.8) is 0 Å². The van der Waals surface area contributed by atoms with Crippen LogP contribution >= 0.6 is 15.9 Å². The number of halogens is 1. The van der Waals surface area contributed by atoms with Crippen molar-refractivity contribution in [3.05, 3.63) is 24.0 Å². The molecule has 0 saturated heterocycles. The van der Waals surface area contributed by atoms with Crippen LogP contribution in [0.15, 0.2) is 22.6 Å². The van der Waals surface area contributed by atoms with Gasteiger partial charge in [0.1, 0.15) is 22.8 Å². The van der Waals surface area contributed by atoms with Crippen LogP contribution in [0, 0.1) is 0 Å². The molecule has 0 N–H and O–H groups in total. The largest absolute Gasteiger partial charge is 0.496 e. The van der Waals surface area contributed by atoms with Gasteiger partial charge in [-0.15, -0.1) is 0 Å². The first-order valence-electron chi connectivity index (χ1n) is 4.49. The number of alkyl halides is 1. The molecule has 4 heteroatoms. The van der Waals surface area contributed by atoms with Crippen LogP contribution in [0.1, 0.15) is 5.76 Å². The number of methoxy groups -OCH3 is 2. The Morgan fingerprint density at radius 2 is 2.00 bits per heavy atom. The lowest BCUT2D eigenvalue weighted by Crippen LogP contribution is -1.86. The van der Waals surface area contributed by atoms with Gasteiger partial charge in [0.15, 0.2) is 0 Å². The molecule has 80 valence electrons. The van der Waals surface area contributed by atoms with Gasteiger partial charge in [0.05, 0.1) is 24.9 Å². The fraction of sp³-hybridized carbons (Fsp3) is 0.273. The van der Waals surface area contributed by atoms with Crippen molar-refractivity contribution >= 4 is 26.9 Å². The van der Waals surface area contributed by atoms with Crippen LogP contribution in [-0.4, -0.2) is 14.2 Å². The van der Waals surface area contributed by atoms with Gasteiger partial charge in [0.2, 0.25) is 0 Å². The summed E-state index contributed by atoms with van der Waals surface area (Å²) in [4.78, 5) is 0. The van der Waals surface area contributed by atoms with Gasteiger partial charge >= 0.3 is 0 Å². The summed E-state index contributed by atoms with van der Waals surface area (Å²) in [7, 11) is 3.25. The van der Waals surface area contributed by atoms with Crippen LogP contribution in [0.4, 0.5) is 0 Å². The third kappa shape index (κ3) is 1.81. The Balaban J connectivity index is 2.66. The summed E-state index contributed by atoms with van der Waals surface area (Å²) in [5.74, 6) is 2.37. The zero-order valence-electron chi connectivity index (χ0n) is 8.54. The average molecular weight is 271 g/mol. The van der Waals surface area contributed by atoms with E-state index in [-0.39, 0.29) is 0 Å². The van der Waals surface area contributed by atoms with Crippen molar-refractivity contribution < 1.29 is 13.9 Å². The third-order valence-corrected chi connectivity index (χ3v) is 2.76. The van der Waals surface area contributed by atoms with E-state index in [1.165, 1.54) is 0 Å². The van der Waals surface area contributed by atoms with E-state index in [4.69, 9.17) is 13.9 Å². The highest BCUT2D eigenvalue weighted by Gasteiger charge is 2.10. The normalized spacial score (nSPS) is 10.6. The monoisotopic (exact) mass is 270 g/mol. The lowest BCUT2D eigenvalue weighted by molar-refractivity contribution is 0.397. The number of hydrogen-bond acceptors (Lipinski definition) is 3. The topological polar surface area (TPSA) is 31.6 Å². The van der Waals surface area contributed by atoms with Gasteiger partial charge in [-0.2, -0.15) is 0 Å². The van der Waals surface area contributed by atoms with Crippen molar-refractivity contribution in [2.45, 2.75) is 5.33 Å². The first kappa shape index (κ1) is 10.4.